The Morgan fingerprint density at radius 2 is 1.89 bits per heavy atom. The highest BCUT2D eigenvalue weighted by Crippen LogP contribution is 2.29. The molecule has 1 aromatic heterocycles. The molecule has 1 fully saturated rings. The van der Waals surface area contributed by atoms with Crippen molar-refractivity contribution in [2.45, 2.75) is 38.1 Å². The molecule has 0 radical (unpaired) electrons. The number of aryl methyl sites for hydroxylation is 2. The van der Waals surface area contributed by atoms with E-state index in [1.807, 2.05) is 25.1 Å². The lowest BCUT2D eigenvalue weighted by molar-refractivity contribution is -0.385. The van der Waals surface area contributed by atoms with E-state index in [0.717, 1.165) is 17.2 Å². The molecule has 0 unspecified atom stereocenters. The standard InChI is InChI=1S/C24H27N5O5S/c1-17-4-3-5-19(14-17)16-28-23(8-11-25-28)26-24(30)20-9-12-27(13-10-20)35(33,34)22-15-21(29(31)32)7-6-18(22)2/h3-8,11,14-15,20H,9-10,12-13,16H2,1-2H3,(H,26,30). The minimum atomic E-state index is -3.91. The van der Waals surface area contributed by atoms with Crippen LogP contribution in [0.25, 0.3) is 0 Å². The Kier molecular flexibility index (Phi) is 6.99. The Bertz CT molecular complexity index is 1360. The van der Waals surface area contributed by atoms with Crippen LogP contribution in [0.2, 0.25) is 0 Å². The molecule has 0 aliphatic carbocycles. The van der Waals surface area contributed by atoms with Gasteiger partial charge in [0.2, 0.25) is 15.9 Å². The SMILES string of the molecule is Cc1cccc(Cn2nccc2NC(=O)C2CCN(S(=O)(=O)c3cc([N+](=O)[O-])ccc3C)CC2)c1. The van der Waals surface area contributed by atoms with Gasteiger partial charge in [0.05, 0.1) is 22.6 Å². The summed E-state index contributed by atoms with van der Waals surface area (Å²) in [5, 5.41) is 18.3. The van der Waals surface area contributed by atoms with E-state index in [4.69, 9.17) is 0 Å². The summed E-state index contributed by atoms with van der Waals surface area (Å²) in [5.74, 6) is 0.0494. The van der Waals surface area contributed by atoms with Gasteiger partial charge >= 0.3 is 0 Å². The maximum absolute atomic E-state index is 13.1. The van der Waals surface area contributed by atoms with Gasteiger partial charge in [0.25, 0.3) is 5.69 Å². The molecule has 1 N–H and O–H groups in total. The van der Waals surface area contributed by atoms with Gasteiger partial charge in [0.1, 0.15) is 5.82 Å². The molecule has 2 aromatic carbocycles. The van der Waals surface area contributed by atoms with Gasteiger partial charge in [-0.3, -0.25) is 14.9 Å². The fourth-order valence-electron chi connectivity index (χ4n) is 4.25. The third-order valence-corrected chi connectivity index (χ3v) is 8.25. The average molecular weight is 498 g/mol. The minimum absolute atomic E-state index is 0.0744. The largest absolute Gasteiger partial charge is 0.311 e. The topological polar surface area (TPSA) is 127 Å². The quantitative estimate of drug-likeness (QED) is 0.393. The summed E-state index contributed by atoms with van der Waals surface area (Å²) in [4.78, 5) is 23.3. The zero-order valence-electron chi connectivity index (χ0n) is 19.5. The van der Waals surface area contributed by atoms with Crippen LogP contribution < -0.4 is 5.32 Å². The van der Waals surface area contributed by atoms with Crippen LogP contribution >= 0.6 is 0 Å². The molecular weight excluding hydrogens is 470 g/mol. The number of hydrogen-bond acceptors (Lipinski definition) is 6. The van der Waals surface area contributed by atoms with E-state index in [1.165, 1.54) is 16.4 Å². The molecule has 35 heavy (non-hydrogen) atoms. The monoisotopic (exact) mass is 497 g/mol. The number of carbonyl (C=O) groups excluding carboxylic acids is 1. The summed E-state index contributed by atoms with van der Waals surface area (Å²) in [6, 6.07) is 13.6. The lowest BCUT2D eigenvalue weighted by Gasteiger charge is -2.30. The normalized spacial score (nSPS) is 15.1. The van der Waals surface area contributed by atoms with Crippen molar-refractivity contribution in [1.82, 2.24) is 14.1 Å². The van der Waals surface area contributed by atoms with Gasteiger partial charge in [0.15, 0.2) is 0 Å². The summed E-state index contributed by atoms with van der Waals surface area (Å²) in [6.07, 6.45) is 2.33. The number of anilines is 1. The number of nitrogens with one attached hydrogen (secondary N) is 1. The van der Waals surface area contributed by atoms with Crippen LogP contribution in [0.1, 0.15) is 29.5 Å². The molecule has 1 aliphatic heterocycles. The number of amides is 1. The number of nitro benzene ring substituents is 1. The smallest absolute Gasteiger partial charge is 0.270 e. The van der Waals surface area contributed by atoms with Gasteiger partial charge in [-0.1, -0.05) is 35.9 Å². The maximum Gasteiger partial charge on any atom is 0.270 e. The summed E-state index contributed by atoms with van der Waals surface area (Å²) < 4.78 is 29.3. The van der Waals surface area contributed by atoms with Gasteiger partial charge in [-0.15, -0.1) is 0 Å². The van der Waals surface area contributed by atoms with Gasteiger partial charge in [-0.05, 0) is 37.8 Å². The fraction of sp³-hybridized carbons (Fsp3) is 0.333. The zero-order chi connectivity index (χ0) is 25.2. The first kappa shape index (κ1) is 24.6. The van der Waals surface area contributed by atoms with Crippen LogP contribution in [-0.4, -0.2) is 46.4 Å². The molecule has 0 atom stereocenters. The number of aromatic nitrogens is 2. The number of sulfonamides is 1. The highest BCUT2D eigenvalue weighted by molar-refractivity contribution is 7.89. The third-order valence-electron chi connectivity index (χ3n) is 6.21. The fourth-order valence-corrected chi connectivity index (χ4v) is 5.97. The van der Waals surface area contributed by atoms with Gasteiger partial charge < -0.3 is 5.32 Å². The van der Waals surface area contributed by atoms with E-state index >= 15 is 0 Å². The van der Waals surface area contributed by atoms with Crippen LogP contribution in [-0.2, 0) is 21.4 Å². The molecule has 1 saturated heterocycles. The number of piperidine rings is 1. The van der Waals surface area contributed by atoms with Crippen LogP contribution in [0.4, 0.5) is 11.5 Å². The van der Waals surface area contributed by atoms with Gasteiger partial charge in [0, 0.05) is 37.2 Å². The number of non-ortho nitro benzene ring substituents is 1. The molecule has 1 aliphatic rings. The van der Waals surface area contributed by atoms with E-state index in [2.05, 4.69) is 16.5 Å². The van der Waals surface area contributed by atoms with Crippen LogP contribution in [0, 0.1) is 29.9 Å². The number of hydrogen-bond donors (Lipinski definition) is 1. The molecule has 11 heteroatoms. The first-order chi connectivity index (χ1) is 16.6. The van der Waals surface area contributed by atoms with E-state index in [1.54, 1.807) is 23.9 Å². The molecule has 0 saturated carbocycles. The molecule has 10 nitrogen and oxygen atoms in total. The summed E-state index contributed by atoms with van der Waals surface area (Å²) in [7, 11) is -3.91. The predicted molar refractivity (Wildman–Crippen MR) is 130 cm³/mol. The number of nitrogens with zero attached hydrogens (tertiary/aromatic N) is 4. The zero-order valence-corrected chi connectivity index (χ0v) is 20.4. The first-order valence-corrected chi connectivity index (χ1v) is 12.7. The van der Waals surface area contributed by atoms with Crippen molar-refractivity contribution in [3.63, 3.8) is 0 Å². The van der Waals surface area contributed by atoms with Crippen molar-refractivity contribution in [2.24, 2.45) is 5.92 Å². The molecule has 0 spiro atoms. The Morgan fingerprint density at radius 1 is 1.14 bits per heavy atom. The molecule has 3 aromatic rings. The molecule has 1 amide bonds. The third kappa shape index (κ3) is 5.41. The second-order valence-electron chi connectivity index (χ2n) is 8.74. The number of rotatable bonds is 7. The lowest BCUT2D eigenvalue weighted by atomic mass is 9.97. The number of benzene rings is 2. The average Bonchev–Trinajstić information content (AvgIpc) is 3.25. The van der Waals surface area contributed by atoms with Crippen molar-refractivity contribution in [2.75, 3.05) is 18.4 Å². The second kappa shape index (κ2) is 9.96. The second-order valence-corrected chi connectivity index (χ2v) is 10.6. The van der Waals surface area contributed by atoms with Crippen LogP contribution in [0.5, 0.6) is 0 Å². The molecule has 184 valence electrons. The highest BCUT2D eigenvalue weighted by Gasteiger charge is 2.34. The Morgan fingerprint density at radius 3 is 2.57 bits per heavy atom. The lowest BCUT2D eigenvalue weighted by Crippen LogP contribution is -2.41. The van der Waals surface area contributed by atoms with Crippen LogP contribution in [0.3, 0.4) is 0 Å². The van der Waals surface area contributed by atoms with Crippen LogP contribution in [0.15, 0.2) is 59.6 Å². The van der Waals surface area contributed by atoms with Gasteiger partial charge in [-0.2, -0.15) is 9.40 Å². The first-order valence-electron chi connectivity index (χ1n) is 11.3. The maximum atomic E-state index is 13.1. The van der Waals surface area contributed by atoms with Crippen molar-refractivity contribution in [3.05, 3.63) is 81.5 Å². The molecular formula is C24H27N5O5S. The van der Waals surface area contributed by atoms with Crippen molar-refractivity contribution < 1.29 is 18.1 Å². The highest BCUT2D eigenvalue weighted by atomic mass is 32.2. The summed E-state index contributed by atoms with van der Waals surface area (Å²) >= 11 is 0. The molecule has 2 heterocycles. The van der Waals surface area contributed by atoms with E-state index < -0.39 is 14.9 Å². The van der Waals surface area contributed by atoms with E-state index in [0.29, 0.717) is 30.8 Å². The van der Waals surface area contributed by atoms with Crippen molar-refractivity contribution in [3.8, 4) is 0 Å². The molecule has 0 bridgehead atoms. The van der Waals surface area contributed by atoms with Crippen molar-refractivity contribution >= 4 is 27.4 Å². The number of carbonyl (C=O) groups is 1. The van der Waals surface area contributed by atoms with E-state index in [9.17, 15) is 23.3 Å². The molecule has 4 rings (SSSR count). The van der Waals surface area contributed by atoms with Gasteiger partial charge in [-0.25, -0.2) is 13.1 Å². The Hall–Kier alpha value is -3.57. The Balaban J connectivity index is 1.40. The summed E-state index contributed by atoms with van der Waals surface area (Å²) in [6.45, 7) is 4.46. The predicted octanol–water partition coefficient (Wildman–Crippen LogP) is 3.50. The van der Waals surface area contributed by atoms with E-state index in [-0.39, 0.29) is 35.5 Å². The Labute approximate surface area is 203 Å². The summed E-state index contributed by atoms with van der Waals surface area (Å²) in [5.41, 5.74) is 2.38. The minimum Gasteiger partial charge on any atom is -0.311 e. The van der Waals surface area contributed by atoms with Crippen molar-refractivity contribution in [1.29, 1.82) is 0 Å². The number of nitro groups is 1.